The summed E-state index contributed by atoms with van der Waals surface area (Å²) in [6.07, 6.45) is 5.66. The largest absolute Gasteiger partial charge is 0.453 e. The zero-order chi connectivity index (χ0) is 19.1. The number of allylic oxidation sites excluding steroid dienone is 1. The molecule has 1 aromatic heterocycles. The fourth-order valence-electron chi connectivity index (χ4n) is 2.38. The molecule has 0 aliphatic rings. The van der Waals surface area contributed by atoms with Crippen molar-refractivity contribution < 1.29 is 14.3 Å². The van der Waals surface area contributed by atoms with Crippen LogP contribution >= 0.6 is 0 Å². The third-order valence-corrected chi connectivity index (χ3v) is 3.62. The number of ether oxygens (including phenoxy) is 1. The topological polar surface area (TPSA) is 122 Å². The van der Waals surface area contributed by atoms with E-state index >= 15 is 0 Å². The predicted molar refractivity (Wildman–Crippen MR) is 101 cm³/mol. The van der Waals surface area contributed by atoms with Crippen LogP contribution in [0, 0.1) is 0 Å². The lowest BCUT2D eigenvalue weighted by Gasteiger charge is -2.12. The first-order valence-electron chi connectivity index (χ1n) is 8.13. The van der Waals surface area contributed by atoms with Gasteiger partial charge in [-0.15, -0.1) is 0 Å². The van der Waals surface area contributed by atoms with Crippen LogP contribution in [-0.4, -0.2) is 29.1 Å². The lowest BCUT2D eigenvalue weighted by atomic mass is 10.1. The number of aromatic amines is 1. The summed E-state index contributed by atoms with van der Waals surface area (Å²) in [5, 5.41) is 5.32. The van der Waals surface area contributed by atoms with Crippen LogP contribution in [0.2, 0.25) is 0 Å². The second kappa shape index (κ2) is 8.82. The summed E-state index contributed by atoms with van der Waals surface area (Å²) in [6, 6.07) is 4.88. The molecule has 0 aliphatic carbocycles. The molecule has 2 rings (SSSR count). The van der Waals surface area contributed by atoms with E-state index in [1.165, 1.54) is 14.0 Å². The van der Waals surface area contributed by atoms with E-state index in [2.05, 4.69) is 25.3 Å². The molecule has 0 radical (unpaired) electrons. The van der Waals surface area contributed by atoms with E-state index in [1.807, 2.05) is 19.1 Å². The number of hydrogen-bond acceptors (Lipinski definition) is 5. The molecule has 2 aromatic rings. The molecule has 0 saturated heterocycles. The highest BCUT2D eigenvalue weighted by molar-refractivity contribution is 5.96. The molecule has 0 saturated carbocycles. The van der Waals surface area contributed by atoms with Gasteiger partial charge in [0.25, 0.3) is 0 Å². The number of rotatable bonds is 6. The van der Waals surface area contributed by atoms with Crippen LogP contribution in [0.25, 0.3) is 11.3 Å². The molecule has 8 nitrogen and oxygen atoms in total. The number of nitrogens with one attached hydrogen (secondary N) is 3. The van der Waals surface area contributed by atoms with E-state index in [-0.39, 0.29) is 11.9 Å². The number of methoxy groups -OCH3 is 1. The Balaban J connectivity index is 2.34. The number of aromatic nitrogens is 2. The minimum Gasteiger partial charge on any atom is -0.453 e. The molecule has 8 heteroatoms. The van der Waals surface area contributed by atoms with Crippen LogP contribution in [-0.2, 0) is 9.53 Å². The third kappa shape index (κ3) is 4.93. The summed E-state index contributed by atoms with van der Waals surface area (Å²) in [7, 11) is 1.28. The van der Waals surface area contributed by atoms with Gasteiger partial charge in [0, 0.05) is 18.2 Å². The Morgan fingerprint density at radius 3 is 2.81 bits per heavy atom. The number of benzene rings is 1. The van der Waals surface area contributed by atoms with E-state index in [1.54, 1.807) is 24.4 Å². The number of carbonyl (C=O) groups is 2. The molecule has 1 heterocycles. The summed E-state index contributed by atoms with van der Waals surface area (Å²) in [4.78, 5) is 30.4. The average Bonchev–Trinajstić information content (AvgIpc) is 3.09. The first-order valence-corrected chi connectivity index (χ1v) is 8.13. The molecule has 0 spiro atoms. The highest BCUT2D eigenvalue weighted by Crippen LogP contribution is 2.30. The van der Waals surface area contributed by atoms with Crippen molar-refractivity contribution in [3.8, 4) is 11.3 Å². The van der Waals surface area contributed by atoms with Gasteiger partial charge in [0.15, 0.2) is 0 Å². The molecule has 0 bridgehead atoms. The van der Waals surface area contributed by atoms with Crippen LogP contribution < -0.4 is 16.4 Å². The summed E-state index contributed by atoms with van der Waals surface area (Å²) in [5.74, 6) is 0.426. The number of carbonyl (C=O) groups excluding carboxylic acids is 2. The van der Waals surface area contributed by atoms with Crippen molar-refractivity contribution in [3.05, 3.63) is 42.4 Å². The Labute approximate surface area is 151 Å². The van der Waals surface area contributed by atoms with Crippen molar-refractivity contribution in [2.45, 2.75) is 26.3 Å². The molecule has 0 aliphatic heterocycles. The van der Waals surface area contributed by atoms with Gasteiger partial charge < -0.3 is 20.8 Å². The molecule has 1 aromatic carbocycles. The molecule has 26 heavy (non-hydrogen) atoms. The number of amides is 2. The maximum atomic E-state index is 11.5. The molecule has 0 unspecified atom stereocenters. The first kappa shape index (κ1) is 19.2. The van der Waals surface area contributed by atoms with Crippen molar-refractivity contribution >= 4 is 23.4 Å². The van der Waals surface area contributed by atoms with Gasteiger partial charge in [-0.2, -0.15) is 0 Å². The number of nitrogens with zero attached hydrogens (tertiary/aromatic N) is 1. The minimum absolute atomic E-state index is 0.231. The van der Waals surface area contributed by atoms with Crippen LogP contribution in [0.15, 0.2) is 36.5 Å². The first-order chi connectivity index (χ1) is 12.4. The smallest absolute Gasteiger partial charge is 0.411 e. The average molecular weight is 357 g/mol. The zero-order valence-corrected chi connectivity index (χ0v) is 15.0. The molecule has 5 N–H and O–H groups in total. The van der Waals surface area contributed by atoms with Gasteiger partial charge in [0.2, 0.25) is 5.91 Å². The quantitative estimate of drug-likeness (QED) is 0.591. The van der Waals surface area contributed by atoms with E-state index in [0.717, 1.165) is 5.56 Å². The second-order valence-corrected chi connectivity index (χ2v) is 5.65. The number of hydrogen-bond donors (Lipinski definition) is 4. The Kier molecular flexibility index (Phi) is 6.51. The van der Waals surface area contributed by atoms with Gasteiger partial charge in [0.1, 0.15) is 5.82 Å². The Morgan fingerprint density at radius 2 is 2.15 bits per heavy atom. The van der Waals surface area contributed by atoms with Crippen molar-refractivity contribution in [1.82, 2.24) is 9.97 Å². The molecule has 1 atom stereocenters. The Morgan fingerprint density at radius 1 is 1.38 bits per heavy atom. The van der Waals surface area contributed by atoms with E-state index in [4.69, 9.17) is 5.73 Å². The van der Waals surface area contributed by atoms with Crippen LogP contribution in [0.1, 0.15) is 32.1 Å². The van der Waals surface area contributed by atoms with Crippen molar-refractivity contribution in [3.63, 3.8) is 0 Å². The van der Waals surface area contributed by atoms with Crippen LogP contribution in [0.3, 0.4) is 0 Å². The van der Waals surface area contributed by atoms with Crippen LogP contribution in [0.4, 0.5) is 16.2 Å². The maximum absolute atomic E-state index is 11.5. The SMILES string of the molecule is C/C=C/C[C@H](N)c1ncc(-c2ccc(NC(=O)OC)cc2NC(C)=O)[nH]1. The third-order valence-electron chi connectivity index (χ3n) is 3.62. The number of nitrogens with two attached hydrogens (primary N) is 1. The molecule has 2 amide bonds. The minimum atomic E-state index is -0.592. The standard InChI is InChI=1S/C18H23N5O3/c1-4-5-6-14(19)17-20-10-16(23-17)13-8-7-12(22-18(25)26-3)9-15(13)21-11(2)24/h4-5,7-10,14H,6,19H2,1-3H3,(H,20,23)(H,21,24)(H,22,25)/b5-4+/t14-/m0/s1. The van der Waals surface area contributed by atoms with Crippen molar-refractivity contribution in [1.29, 1.82) is 0 Å². The lowest BCUT2D eigenvalue weighted by Crippen LogP contribution is -2.12. The molecular weight excluding hydrogens is 334 g/mol. The van der Waals surface area contributed by atoms with Crippen molar-refractivity contribution in [2.24, 2.45) is 5.73 Å². The fraction of sp³-hybridized carbons (Fsp3) is 0.278. The summed E-state index contributed by atoms with van der Waals surface area (Å²) >= 11 is 0. The Hall–Kier alpha value is -3.13. The van der Waals surface area contributed by atoms with E-state index in [0.29, 0.717) is 29.3 Å². The van der Waals surface area contributed by atoms with Gasteiger partial charge in [-0.25, -0.2) is 9.78 Å². The highest BCUT2D eigenvalue weighted by atomic mass is 16.5. The monoisotopic (exact) mass is 357 g/mol. The lowest BCUT2D eigenvalue weighted by molar-refractivity contribution is -0.114. The van der Waals surface area contributed by atoms with Gasteiger partial charge in [-0.3, -0.25) is 10.1 Å². The van der Waals surface area contributed by atoms with Gasteiger partial charge in [-0.05, 0) is 31.5 Å². The van der Waals surface area contributed by atoms with Crippen molar-refractivity contribution in [2.75, 3.05) is 17.7 Å². The summed E-state index contributed by atoms with van der Waals surface area (Å²) in [5.41, 5.74) is 8.58. The maximum Gasteiger partial charge on any atom is 0.411 e. The zero-order valence-electron chi connectivity index (χ0n) is 15.0. The Bertz CT molecular complexity index is 813. The summed E-state index contributed by atoms with van der Waals surface area (Å²) < 4.78 is 4.58. The summed E-state index contributed by atoms with van der Waals surface area (Å²) in [6.45, 7) is 3.35. The predicted octanol–water partition coefficient (Wildman–Crippen LogP) is 3.18. The molecule has 0 fully saturated rings. The van der Waals surface area contributed by atoms with E-state index < -0.39 is 6.09 Å². The number of H-pyrrole nitrogens is 1. The second-order valence-electron chi connectivity index (χ2n) is 5.65. The van der Waals surface area contributed by atoms with Gasteiger partial charge >= 0.3 is 6.09 Å². The highest BCUT2D eigenvalue weighted by Gasteiger charge is 2.14. The number of anilines is 2. The van der Waals surface area contributed by atoms with Gasteiger partial charge in [-0.1, -0.05) is 12.2 Å². The van der Waals surface area contributed by atoms with E-state index in [9.17, 15) is 9.59 Å². The number of imidazole rings is 1. The normalized spacial score (nSPS) is 12.0. The van der Waals surface area contributed by atoms with Crippen LogP contribution in [0.5, 0.6) is 0 Å². The molecule has 138 valence electrons. The van der Waals surface area contributed by atoms with Gasteiger partial charge in [0.05, 0.1) is 30.7 Å². The fourth-order valence-corrected chi connectivity index (χ4v) is 2.38. The molecular formula is C18H23N5O3.